The lowest BCUT2D eigenvalue weighted by Gasteiger charge is -2.40. The number of rotatable bonds is 3. The zero-order valence-corrected chi connectivity index (χ0v) is 13.7. The first-order valence-electron chi connectivity index (χ1n) is 7.79. The lowest BCUT2D eigenvalue weighted by molar-refractivity contribution is -0.384. The molecule has 8 heteroatoms. The summed E-state index contributed by atoms with van der Waals surface area (Å²) in [6.45, 7) is 3.04. The number of nitro groups is 1. The van der Waals surface area contributed by atoms with Crippen molar-refractivity contribution < 1.29 is 14.5 Å². The number of ether oxygens (including phenoxy) is 1. The molecule has 0 bridgehead atoms. The molecular weight excluding hydrogens is 324 g/mol. The van der Waals surface area contributed by atoms with Crippen molar-refractivity contribution in [2.24, 2.45) is 0 Å². The summed E-state index contributed by atoms with van der Waals surface area (Å²) in [5, 5.41) is 11.0. The quantitative estimate of drug-likeness (QED) is 0.674. The first kappa shape index (κ1) is 16.8. The lowest BCUT2D eigenvalue weighted by atomic mass is 9.93. The zero-order valence-electron chi connectivity index (χ0n) is 13.7. The van der Waals surface area contributed by atoms with Crippen LogP contribution in [0.1, 0.15) is 22.8 Å². The SMILES string of the molecule is CC1(c2ccccc2)CN(C(=O)c2cnc(N)c([N+](=O)[O-])c2)CCO1. The molecule has 8 nitrogen and oxygen atoms in total. The van der Waals surface area contributed by atoms with E-state index >= 15 is 0 Å². The molecule has 1 aliphatic rings. The minimum Gasteiger partial charge on any atom is -0.378 e. The van der Waals surface area contributed by atoms with Crippen LogP contribution in [-0.2, 0) is 10.3 Å². The second-order valence-electron chi connectivity index (χ2n) is 6.06. The van der Waals surface area contributed by atoms with Crippen molar-refractivity contribution in [2.45, 2.75) is 12.5 Å². The molecule has 0 saturated carbocycles. The summed E-state index contributed by atoms with van der Waals surface area (Å²) in [6, 6.07) is 10.8. The molecular formula is C17H18N4O4. The fraction of sp³-hybridized carbons (Fsp3) is 0.294. The van der Waals surface area contributed by atoms with E-state index in [0.29, 0.717) is 19.7 Å². The predicted octanol–water partition coefficient (Wildman–Crippen LogP) is 1.96. The third-order valence-corrected chi connectivity index (χ3v) is 4.29. The molecule has 2 heterocycles. The Morgan fingerprint density at radius 1 is 1.40 bits per heavy atom. The summed E-state index contributed by atoms with van der Waals surface area (Å²) in [7, 11) is 0. The molecule has 1 amide bonds. The summed E-state index contributed by atoms with van der Waals surface area (Å²) in [5.74, 6) is -0.543. The van der Waals surface area contributed by atoms with Crippen molar-refractivity contribution in [3.05, 3.63) is 63.8 Å². The van der Waals surface area contributed by atoms with Gasteiger partial charge in [-0.25, -0.2) is 4.98 Å². The van der Waals surface area contributed by atoms with Gasteiger partial charge in [-0.3, -0.25) is 14.9 Å². The molecule has 1 aromatic heterocycles. The Hall–Kier alpha value is -3.00. The molecule has 1 saturated heterocycles. The van der Waals surface area contributed by atoms with Crippen LogP contribution in [0.25, 0.3) is 0 Å². The standard InChI is InChI=1S/C17H18N4O4/c1-17(13-5-3-2-4-6-13)11-20(7-8-25-17)16(22)12-9-14(21(23)24)15(18)19-10-12/h2-6,9-10H,7-8,11H2,1H3,(H2,18,19). The number of hydrogen-bond acceptors (Lipinski definition) is 6. The number of benzene rings is 1. The number of amides is 1. The Kier molecular flexibility index (Phi) is 4.37. The molecule has 1 unspecified atom stereocenters. The summed E-state index contributed by atoms with van der Waals surface area (Å²) < 4.78 is 5.91. The minimum atomic E-state index is -0.646. The summed E-state index contributed by atoms with van der Waals surface area (Å²) >= 11 is 0. The van der Waals surface area contributed by atoms with Gasteiger partial charge in [-0.15, -0.1) is 0 Å². The first-order chi connectivity index (χ1) is 11.9. The van der Waals surface area contributed by atoms with E-state index in [4.69, 9.17) is 10.5 Å². The summed E-state index contributed by atoms with van der Waals surface area (Å²) in [6.07, 6.45) is 1.26. The van der Waals surface area contributed by atoms with Crippen molar-refractivity contribution in [3.8, 4) is 0 Å². The van der Waals surface area contributed by atoms with Crippen molar-refractivity contribution in [3.63, 3.8) is 0 Å². The number of carbonyl (C=O) groups is 1. The van der Waals surface area contributed by atoms with Gasteiger partial charge in [0, 0.05) is 18.8 Å². The Morgan fingerprint density at radius 3 is 2.80 bits per heavy atom. The van der Waals surface area contributed by atoms with Gasteiger partial charge in [-0.1, -0.05) is 30.3 Å². The first-order valence-corrected chi connectivity index (χ1v) is 7.79. The van der Waals surface area contributed by atoms with Gasteiger partial charge < -0.3 is 15.4 Å². The fourth-order valence-corrected chi connectivity index (χ4v) is 2.92. The maximum atomic E-state index is 12.8. The van der Waals surface area contributed by atoms with Gasteiger partial charge in [0.1, 0.15) is 5.60 Å². The van der Waals surface area contributed by atoms with Crippen LogP contribution in [0.2, 0.25) is 0 Å². The molecule has 0 spiro atoms. The van der Waals surface area contributed by atoms with Crippen molar-refractivity contribution >= 4 is 17.4 Å². The van der Waals surface area contributed by atoms with Gasteiger partial charge in [0.15, 0.2) is 0 Å². The average Bonchev–Trinajstić information content (AvgIpc) is 2.62. The van der Waals surface area contributed by atoms with Crippen LogP contribution < -0.4 is 5.73 Å². The van der Waals surface area contributed by atoms with Crippen LogP contribution >= 0.6 is 0 Å². The maximum Gasteiger partial charge on any atom is 0.311 e. The highest BCUT2D eigenvalue weighted by Gasteiger charge is 2.36. The Labute approximate surface area is 144 Å². The molecule has 2 aromatic rings. The molecule has 1 atom stereocenters. The zero-order chi connectivity index (χ0) is 18.0. The Bertz CT molecular complexity index is 812. The average molecular weight is 342 g/mol. The number of pyridine rings is 1. The van der Waals surface area contributed by atoms with E-state index in [1.54, 1.807) is 4.90 Å². The number of hydrogen-bond donors (Lipinski definition) is 1. The number of morpholine rings is 1. The Balaban J connectivity index is 1.86. The molecule has 1 aromatic carbocycles. The van der Waals surface area contributed by atoms with Crippen molar-refractivity contribution in [1.29, 1.82) is 0 Å². The molecule has 25 heavy (non-hydrogen) atoms. The van der Waals surface area contributed by atoms with E-state index in [-0.39, 0.29) is 23.0 Å². The van der Waals surface area contributed by atoms with Crippen molar-refractivity contribution in [2.75, 3.05) is 25.4 Å². The molecule has 1 aliphatic heterocycles. The Morgan fingerprint density at radius 2 is 2.12 bits per heavy atom. The molecule has 0 radical (unpaired) electrons. The number of anilines is 1. The monoisotopic (exact) mass is 342 g/mol. The normalized spacial score (nSPS) is 20.3. The van der Waals surface area contributed by atoms with Gasteiger partial charge in [-0.2, -0.15) is 0 Å². The van der Waals surface area contributed by atoms with E-state index in [1.165, 1.54) is 12.3 Å². The highest BCUT2D eigenvalue weighted by Crippen LogP contribution is 2.30. The van der Waals surface area contributed by atoms with Crippen LogP contribution in [0.4, 0.5) is 11.5 Å². The number of carbonyl (C=O) groups excluding carboxylic acids is 1. The highest BCUT2D eigenvalue weighted by atomic mass is 16.6. The van der Waals surface area contributed by atoms with Gasteiger partial charge >= 0.3 is 5.69 Å². The van der Waals surface area contributed by atoms with Crippen LogP contribution in [0, 0.1) is 10.1 Å². The number of aromatic nitrogens is 1. The maximum absolute atomic E-state index is 12.8. The predicted molar refractivity (Wildman–Crippen MR) is 91.0 cm³/mol. The summed E-state index contributed by atoms with van der Waals surface area (Å²) in [4.78, 5) is 28.5. The topological polar surface area (TPSA) is 112 Å². The fourth-order valence-electron chi connectivity index (χ4n) is 2.92. The highest BCUT2D eigenvalue weighted by molar-refractivity contribution is 5.95. The summed E-state index contributed by atoms with van der Waals surface area (Å²) in [5.41, 5.74) is 5.59. The van der Waals surface area contributed by atoms with E-state index in [2.05, 4.69) is 4.98 Å². The molecule has 3 rings (SSSR count). The van der Waals surface area contributed by atoms with Crippen LogP contribution in [0.5, 0.6) is 0 Å². The van der Waals surface area contributed by atoms with Gasteiger partial charge in [0.2, 0.25) is 5.82 Å². The third kappa shape index (κ3) is 3.29. The van der Waals surface area contributed by atoms with Gasteiger partial charge in [0.25, 0.3) is 5.91 Å². The van der Waals surface area contributed by atoms with E-state index in [1.807, 2.05) is 37.3 Å². The number of nitrogens with zero attached hydrogens (tertiary/aromatic N) is 3. The number of nitrogens with two attached hydrogens (primary N) is 1. The second-order valence-corrected chi connectivity index (χ2v) is 6.06. The van der Waals surface area contributed by atoms with Crippen LogP contribution in [-0.4, -0.2) is 40.4 Å². The second kappa shape index (κ2) is 6.48. The van der Waals surface area contributed by atoms with E-state index in [9.17, 15) is 14.9 Å². The minimum absolute atomic E-state index is 0.137. The molecule has 0 aliphatic carbocycles. The molecule has 1 fully saturated rings. The van der Waals surface area contributed by atoms with E-state index in [0.717, 1.165) is 5.56 Å². The smallest absolute Gasteiger partial charge is 0.311 e. The van der Waals surface area contributed by atoms with Crippen LogP contribution in [0.3, 0.4) is 0 Å². The largest absolute Gasteiger partial charge is 0.378 e. The lowest BCUT2D eigenvalue weighted by Crippen LogP contribution is -2.50. The van der Waals surface area contributed by atoms with Gasteiger partial charge in [0.05, 0.1) is 23.6 Å². The van der Waals surface area contributed by atoms with Gasteiger partial charge in [-0.05, 0) is 12.5 Å². The van der Waals surface area contributed by atoms with Crippen LogP contribution in [0.15, 0.2) is 42.6 Å². The van der Waals surface area contributed by atoms with E-state index < -0.39 is 10.5 Å². The molecule has 2 N–H and O–H groups in total. The number of nitrogen functional groups attached to an aromatic ring is 1. The van der Waals surface area contributed by atoms with Crippen molar-refractivity contribution in [1.82, 2.24) is 9.88 Å². The third-order valence-electron chi connectivity index (χ3n) is 4.29. The molecule has 130 valence electrons.